The third-order valence-electron chi connectivity index (χ3n) is 5.93. The summed E-state index contributed by atoms with van der Waals surface area (Å²) in [6.07, 6.45) is 2.38. The smallest absolute Gasteiger partial charge is 0.253 e. The van der Waals surface area contributed by atoms with Crippen LogP contribution < -0.4 is 5.32 Å². The zero-order chi connectivity index (χ0) is 18.1. The fourth-order valence-corrected chi connectivity index (χ4v) is 4.26. The SMILES string of the molecule is CCN(CC)Cc1nc2c(C(=O)N[C@@H]3CN4CCC3CC4)cccc2o1. The second-order valence-corrected chi connectivity index (χ2v) is 7.44. The van der Waals surface area contributed by atoms with Crippen LogP contribution in [0, 0.1) is 5.92 Å². The van der Waals surface area contributed by atoms with Crippen molar-refractivity contribution in [1.29, 1.82) is 0 Å². The number of aromatic nitrogens is 1. The second kappa shape index (κ2) is 7.37. The highest BCUT2D eigenvalue weighted by atomic mass is 16.3. The largest absolute Gasteiger partial charge is 0.439 e. The third kappa shape index (κ3) is 3.35. The van der Waals surface area contributed by atoms with Crippen LogP contribution >= 0.6 is 0 Å². The molecule has 0 aliphatic carbocycles. The zero-order valence-electron chi connectivity index (χ0n) is 15.7. The standard InChI is InChI=1S/C20H28N4O2/c1-3-23(4-2)13-18-22-19-15(6-5-7-17(19)26-18)20(25)21-16-12-24-10-8-14(16)9-11-24/h5-7,14,16H,3-4,8-13H2,1-2H3,(H,21,25)/t16-/m1/s1. The molecule has 3 saturated heterocycles. The van der Waals surface area contributed by atoms with E-state index in [1.165, 1.54) is 25.9 Å². The van der Waals surface area contributed by atoms with E-state index < -0.39 is 0 Å². The summed E-state index contributed by atoms with van der Waals surface area (Å²) in [5.41, 5.74) is 1.98. The average molecular weight is 356 g/mol. The molecule has 3 aliphatic heterocycles. The van der Waals surface area contributed by atoms with Gasteiger partial charge in [0.2, 0.25) is 5.89 Å². The number of hydrogen-bond acceptors (Lipinski definition) is 5. The second-order valence-electron chi connectivity index (χ2n) is 7.44. The van der Waals surface area contributed by atoms with Gasteiger partial charge in [0, 0.05) is 12.6 Å². The fraction of sp³-hybridized carbons (Fsp3) is 0.600. The van der Waals surface area contributed by atoms with E-state index >= 15 is 0 Å². The summed E-state index contributed by atoms with van der Waals surface area (Å²) < 4.78 is 5.89. The number of amides is 1. The summed E-state index contributed by atoms with van der Waals surface area (Å²) in [4.78, 5) is 22.3. The lowest BCUT2D eigenvalue weighted by Gasteiger charge is -2.44. The Bertz CT molecular complexity index is 775. The number of benzene rings is 1. The first kappa shape index (κ1) is 17.5. The Morgan fingerprint density at radius 1 is 1.31 bits per heavy atom. The highest BCUT2D eigenvalue weighted by Crippen LogP contribution is 2.28. The van der Waals surface area contributed by atoms with Crippen LogP contribution in [0.2, 0.25) is 0 Å². The van der Waals surface area contributed by atoms with Gasteiger partial charge in [-0.05, 0) is 57.1 Å². The van der Waals surface area contributed by atoms with Crippen molar-refractivity contribution >= 4 is 17.0 Å². The van der Waals surface area contributed by atoms with Crippen LogP contribution in [0.25, 0.3) is 11.1 Å². The van der Waals surface area contributed by atoms with Gasteiger partial charge in [-0.1, -0.05) is 19.9 Å². The number of nitrogens with zero attached hydrogens (tertiary/aromatic N) is 3. The molecule has 1 amide bonds. The van der Waals surface area contributed by atoms with Crippen molar-refractivity contribution in [1.82, 2.24) is 20.1 Å². The summed E-state index contributed by atoms with van der Waals surface area (Å²) in [5.74, 6) is 1.25. The Hall–Kier alpha value is -1.92. The molecule has 5 rings (SSSR count). The molecule has 2 aromatic rings. The maximum Gasteiger partial charge on any atom is 0.253 e. The summed E-state index contributed by atoms with van der Waals surface area (Å²) in [7, 11) is 0. The van der Waals surface area contributed by atoms with Gasteiger partial charge >= 0.3 is 0 Å². The van der Waals surface area contributed by atoms with Gasteiger partial charge in [-0.2, -0.15) is 0 Å². The molecule has 140 valence electrons. The quantitative estimate of drug-likeness (QED) is 0.862. The summed E-state index contributed by atoms with van der Waals surface area (Å²) in [5, 5.41) is 3.26. The first-order valence-electron chi connectivity index (χ1n) is 9.82. The molecule has 3 aliphatic rings. The molecule has 0 radical (unpaired) electrons. The Morgan fingerprint density at radius 3 is 2.73 bits per heavy atom. The van der Waals surface area contributed by atoms with Crippen LogP contribution in [0.3, 0.4) is 0 Å². The minimum Gasteiger partial charge on any atom is -0.439 e. The lowest BCUT2D eigenvalue weighted by atomic mass is 9.84. The highest BCUT2D eigenvalue weighted by Gasteiger charge is 2.35. The van der Waals surface area contributed by atoms with E-state index in [9.17, 15) is 4.79 Å². The average Bonchev–Trinajstić information content (AvgIpc) is 3.09. The molecule has 1 N–H and O–H groups in total. The zero-order valence-corrected chi connectivity index (χ0v) is 15.7. The van der Waals surface area contributed by atoms with E-state index in [0.717, 1.165) is 19.6 Å². The van der Waals surface area contributed by atoms with Gasteiger partial charge in [0.15, 0.2) is 5.58 Å². The topological polar surface area (TPSA) is 61.6 Å². The van der Waals surface area contributed by atoms with Gasteiger partial charge in [-0.3, -0.25) is 9.69 Å². The molecule has 0 spiro atoms. The molecule has 0 saturated carbocycles. The Morgan fingerprint density at radius 2 is 2.08 bits per heavy atom. The number of para-hydroxylation sites is 1. The molecular formula is C20H28N4O2. The molecule has 1 aromatic carbocycles. The monoisotopic (exact) mass is 356 g/mol. The molecule has 6 heteroatoms. The number of fused-ring (bicyclic) bond motifs is 4. The van der Waals surface area contributed by atoms with E-state index in [2.05, 4.69) is 33.9 Å². The van der Waals surface area contributed by atoms with Crippen LogP contribution in [0.1, 0.15) is 42.9 Å². The number of oxazole rings is 1. The van der Waals surface area contributed by atoms with E-state index in [4.69, 9.17) is 4.42 Å². The van der Waals surface area contributed by atoms with Crippen molar-refractivity contribution in [2.24, 2.45) is 5.92 Å². The van der Waals surface area contributed by atoms with E-state index in [-0.39, 0.29) is 11.9 Å². The maximum absolute atomic E-state index is 12.9. The lowest BCUT2D eigenvalue weighted by Crippen LogP contribution is -2.57. The first-order chi connectivity index (χ1) is 12.7. The van der Waals surface area contributed by atoms with Crippen molar-refractivity contribution in [2.45, 2.75) is 39.3 Å². The summed E-state index contributed by atoms with van der Waals surface area (Å²) >= 11 is 0. The third-order valence-corrected chi connectivity index (χ3v) is 5.93. The number of rotatable bonds is 6. The minimum atomic E-state index is -0.0305. The highest BCUT2D eigenvalue weighted by molar-refractivity contribution is 6.04. The minimum absolute atomic E-state index is 0.0305. The van der Waals surface area contributed by atoms with Gasteiger partial charge in [0.25, 0.3) is 5.91 Å². The molecule has 1 atom stereocenters. The maximum atomic E-state index is 12.9. The van der Waals surface area contributed by atoms with Crippen LogP contribution in [0.5, 0.6) is 0 Å². The Labute approximate surface area is 154 Å². The van der Waals surface area contributed by atoms with E-state index in [1.807, 2.05) is 18.2 Å². The summed E-state index contributed by atoms with van der Waals surface area (Å²) in [6.45, 7) is 10.1. The van der Waals surface area contributed by atoms with Crippen molar-refractivity contribution in [3.8, 4) is 0 Å². The van der Waals surface area contributed by atoms with E-state index in [0.29, 0.717) is 35.0 Å². The molecule has 4 heterocycles. The molecule has 6 nitrogen and oxygen atoms in total. The predicted octanol–water partition coefficient (Wildman–Crippen LogP) is 2.49. The molecule has 2 bridgehead atoms. The molecule has 0 unspecified atom stereocenters. The van der Waals surface area contributed by atoms with Gasteiger partial charge in [0.1, 0.15) is 5.52 Å². The number of nitrogens with one attached hydrogen (secondary N) is 1. The first-order valence-corrected chi connectivity index (χ1v) is 9.82. The predicted molar refractivity (Wildman–Crippen MR) is 101 cm³/mol. The molecule has 1 aromatic heterocycles. The Balaban J connectivity index is 1.54. The van der Waals surface area contributed by atoms with E-state index in [1.54, 1.807) is 0 Å². The van der Waals surface area contributed by atoms with Gasteiger partial charge in [-0.15, -0.1) is 0 Å². The van der Waals surface area contributed by atoms with Gasteiger partial charge in [-0.25, -0.2) is 4.98 Å². The molecule has 3 fully saturated rings. The van der Waals surface area contributed by atoms with Crippen molar-refractivity contribution in [3.63, 3.8) is 0 Å². The van der Waals surface area contributed by atoms with Gasteiger partial charge in [0.05, 0.1) is 12.1 Å². The van der Waals surface area contributed by atoms with Crippen LogP contribution in [-0.2, 0) is 6.54 Å². The number of carbonyl (C=O) groups excluding carboxylic acids is 1. The Kier molecular flexibility index (Phi) is 4.96. The normalized spacial score (nSPS) is 25.1. The van der Waals surface area contributed by atoms with Crippen molar-refractivity contribution in [3.05, 3.63) is 29.7 Å². The fourth-order valence-electron chi connectivity index (χ4n) is 4.26. The molecular weight excluding hydrogens is 328 g/mol. The van der Waals surface area contributed by atoms with Crippen LogP contribution in [-0.4, -0.2) is 59.5 Å². The molecule has 26 heavy (non-hydrogen) atoms. The number of piperidine rings is 3. The van der Waals surface area contributed by atoms with Crippen molar-refractivity contribution in [2.75, 3.05) is 32.7 Å². The number of hydrogen-bond donors (Lipinski definition) is 1. The summed E-state index contributed by atoms with van der Waals surface area (Å²) in [6, 6.07) is 5.87. The van der Waals surface area contributed by atoms with Crippen molar-refractivity contribution < 1.29 is 9.21 Å². The van der Waals surface area contributed by atoms with Gasteiger partial charge < -0.3 is 14.6 Å². The lowest BCUT2D eigenvalue weighted by molar-refractivity contribution is 0.0621. The van der Waals surface area contributed by atoms with Crippen LogP contribution in [0.4, 0.5) is 0 Å². The van der Waals surface area contributed by atoms with Crippen LogP contribution in [0.15, 0.2) is 22.6 Å². The number of carbonyl (C=O) groups is 1.